The third kappa shape index (κ3) is 4.50. The molecular formula is C22H22BrClN2O. The van der Waals surface area contributed by atoms with Crippen LogP contribution in [0.3, 0.4) is 0 Å². The van der Waals surface area contributed by atoms with E-state index in [1.807, 2.05) is 42.5 Å². The molecule has 0 saturated carbocycles. The van der Waals surface area contributed by atoms with Gasteiger partial charge in [-0.15, -0.1) is 0 Å². The lowest BCUT2D eigenvalue weighted by Gasteiger charge is -2.29. The van der Waals surface area contributed by atoms with Crippen LogP contribution in [0.4, 0.5) is 11.4 Å². The van der Waals surface area contributed by atoms with Gasteiger partial charge in [0.2, 0.25) is 0 Å². The van der Waals surface area contributed by atoms with E-state index in [2.05, 4.69) is 38.3 Å². The standard InChI is InChI=1S/C22H22BrClN2O/c23-17-6-4-16(5-7-17)22-11-9-19(27-22)15-25-18-8-10-21(20(24)14-18)26-12-2-1-3-13-26/h4-11,14,25H,1-3,12-13,15H2. The van der Waals surface area contributed by atoms with Crippen LogP contribution in [0, 0.1) is 0 Å². The van der Waals surface area contributed by atoms with Gasteiger partial charge in [0.25, 0.3) is 0 Å². The van der Waals surface area contributed by atoms with Gasteiger partial charge < -0.3 is 14.6 Å². The Morgan fingerprint density at radius 1 is 0.963 bits per heavy atom. The van der Waals surface area contributed by atoms with Crippen LogP contribution in [0.25, 0.3) is 11.3 Å². The highest BCUT2D eigenvalue weighted by Crippen LogP contribution is 2.31. The molecule has 27 heavy (non-hydrogen) atoms. The van der Waals surface area contributed by atoms with Gasteiger partial charge in [-0.05, 0) is 61.7 Å². The predicted molar refractivity (Wildman–Crippen MR) is 117 cm³/mol. The van der Waals surface area contributed by atoms with Crippen molar-refractivity contribution < 1.29 is 4.42 Å². The molecule has 1 N–H and O–H groups in total. The zero-order valence-corrected chi connectivity index (χ0v) is 17.4. The molecule has 2 heterocycles. The molecule has 2 aromatic carbocycles. The molecule has 4 rings (SSSR count). The number of halogens is 2. The predicted octanol–water partition coefficient (Wildman–Crippen LogP) is 6.96. The second-order valence-corrected chi connectivity index (χ2v) is 8.16. The number of hydrogen-bond acceptors (Lipinski definition) is 3. The largest absolute Gasteiger partial charge is 0.459 e. The molecule has 140 valence electrons. The normalized spacial score (nSPS) is 14.4. The van der Waals surface area contributed by atoms with Crippen molar-refractivity contribution >= 4 is 38.9 Å². The van der Waals surface area contributed by atoms with Crippen LogP contribution >= 0.6 is 27.5 Å². The van der Waals surface area contributed by atoms with Gasteiger partial charge >= 0.3 is 0 Å². The van der Waals surface area contributed by atoms with E-state index in [0.717, 1.165) is 51.0 Å². The molecule has 0 unspecified atom stereocenters. The van der Waals surface area contributed by atoms with Gasteiger partial charge in [-0.25, -0.2) is 0 Å². The molecular weight excluding hydrogens is 424 g/mol. The Labute approximate surface area is 173 Å². The summed E-state index contributed by atoms with van der Waals surface area (Å²) in [6, 6.07) is 18.3. The number of nitrogens with zero attached hydrogens (tertiary/aromatic N) is 1. The first-order chi connectivity index (χ1) is 13.2. The fourth-order valence-electron chi connectivity index (χ4n) is 3.44. The fourth-order valence-corrected chi connectivity index (χ4v) is 4.00. The minimum absolute atomic E-state index is 0.621. The molecule has 1 fully saturated rings. The Bertz CT molecular complexity index is 901. The van der Waals surface area contributed by atoms with Crippen molar-refractivity contribution in [2.75, 3.05) is 23.3 Å². The zero-order chi connectivity index (χ0) is 18.6. The van der Waals surface area contributed by atoms with Crippen LogP contribution in [0.5, 0.6) is 0 Å². The number of anilines is 2. The smallest absolute Gasteiger partial charge is 0.134 e. The van der Waals surface area contributed by atoms with E-state index in [-0.39, 0.29) is 0 Å². The summed E-state index contributed by atoms with van der Waals surface area (Å²) < 4.78 is 7.02. The first-order valence-electron chi connectivity index (χ1n) is 9.32. The molecule has 3 nitrogen and oxygen atoms in total. The summed E-state index contributed by atoms with van der Waals surface area (Å²) >= 11 is 9.99. The average molecular weight is 446 g/mol. The van der Waals surface area contributed by atoms with Crippen LogP contribution < -0.4 is 10.2 Å². The number of nitrogens with one attached hydrogen (secondary N) is 1. The highest BCUT2D eigenvalue weighted by molar-refractivity contribution is 9.10. The first-order valence-corrected chi connectivity index (χ1v) is 10.5. The van der Waals surface area contributed by atoms with E-state index in [0.29, 0.717) is 6.54 Å². The van der Waals surface area contributed by atoms with Crippen molar-refractivity contribution in [3.05, 3.63) is 69.9 Å². The quantitative estimate of drug-likeness (QED) is 0.460. The maximum absolute atomic E-state index is 6.53. The molecule has 1 aliphatic heterocycles. The van der Waals surface area contributed by atoms with Crippen LogP contribution in [0.15, 0.2) is 63.5 Å². The van der Waals surface area contributed by atoms with E-state index in [9.17, 15) is 0 Å². The second-order valence-electron chi connectivity index (χ2n) is 6.84. The van der Waals surface area contributed by atoms with E-state index in [4.69, 9.17) is 16.0 Å². The molecule has 1 saturated heterocycles. The Hall–Kier alpha value is -1.91. The molecule has 0 bridgehead atoms. The van der Waals surface area contributed by atoms with Crippen molar-refractivity contribution in [3.8, 4) is 11.3 Å². The van der Waals surface area contributed by atoms with E-state index in [1.54, 1.807) is 0 Å². The molecule has 0 radical (unpaired) electrons. The second kappa shape index (κ2) is 8.41. The number of benzene rings is 2. The van der Waals surface area contributed by atoms with Gasteiger partial charge in [0.15, 0.2) is 0 Å². The molecule has 0 atom stereocenters. The topological polar surface area (TPSA) is 28.4 Å². The molecule has 3 aromatic rings. The van der Waals surface area contributed by atoms with Crippen LogP contribution in [-0.2, 0) is 6.54 Å². The molecule has 1 aromatic heterocycles. The van der Waals surface area contributed by atoms with Crippen LogP contribution in [-0.4, -0.2) is 13.1 Å². The van der Waals surface area contributed by atoms with Gasteiger partial charge in [-0.2, -0.15) is 0 Å². The van der Waals surface area contributed by atoms with Gasteiger partial charge in [-0.1, -0.05) is 39.7 Å². The van der Waals surface area contributed by atoms with Crippen molar-refractivity contribution in [1.29, 1.82) is 0 Å². The Morgan fingerprint density at radius 2 is 1.74 bits per heavy atom. The maximum atomic E-state index is 6.53. The highest BCUT2D eigenvalue weighted by Gasteiger charge is 2.14. The molecule has 1 aliphatic rings. The maximum Gasteiger partial charge on any atom is 0.134 e. The van der Waals surface area contributed by atoms with Gasteiger partial charge in [0.1, 0.15) is 11.5 Å². The van der Waals surface area contributed by atoms with Crippen molar-refractivity contribution in [3.63, 3.8) is 0 Å². The number of piperidine rings is 1. The van der Waals surface area contributed by atoms with E-state index in [1.165, 1.54) is 19.3 Å². The van der Waals surface area contributed by atoms with Crippen LogP contribution in [0.1, 0.15) is 25.0 Å². The van der Waals surface area contributed by atoms with Gasteiger partial charge in [-0.3, -0.25) is 0 Å². The lowest BCUT2D eigenvalue weighted by molar-refractivity contribution is 0.531. The lowest BCUT2D eigenvalue weighted by atomic mass is 10.1. The van der Waals surface area contributed by atoms with E-state index >= 15 is 0 Å². The van der Waals surface area contributed by atoms with Gasteiger partial charge in [0.05, 0.1) is 17.3 Å². The lowest BCUT2D eigenvalue weighted by Crippen LogP contribution is -2.29. The third-order valence-corrected chi connectivity index (χ3v) is 5.73. The number of hydrogen-bond donors (Lipinski definition) is 1. The Balaban J connectivity index is 1.40. The van der Waals surface area contributed by atoms with Crippen molar-refractivity contribution in [2.24, 2.45) is 0 Å². The molecule has 0 spiro atoms. The van der Waals surface area contributed by atoms with E-state index < -0.39 is 0 Å². The summed E-state index contributed by atoms with van der Waals surface area (Å²) in [5, 5.41) is 4.20. The summed E-state index contributed by atoms with van der Waals surface area (Å²) in [6.07, 6.45) is 3.81. The summed E-state index contributed by atoms with van der Waals surface area (Å²) in [7, 11) is 0. The Kier molecular flexibility index (Phi) is 5.74. The number of rotatable bonds is 5. The Morgan fingerprint density at radius 3 is 2.48 bits per heavy atom. The molecule has 5 heteroatoms. The molecule has 0 aliphatic carbocycles. The van der Waals surface area contributed by atoms with Crippen LogP contribution in [0.2, 0.25) is 5.02 Å². The fraction of sp³-hybridized carbons (Fsp3) is 0.273. The van der Waals surface area contributed by atoms with Crippen molar-refractivity contribution in [2.45, 2.75) is 25.8 Å². The SMILES string of the molecule is Clc1cc(NCc2ccc(-c3ccc(Br)cc3)o2)ccc1N1CCCCC1. The summed E-state index contributed by atoms with van der Waals surface area (Å²) in [5.74, 6) is 1.77. The minimum Gasteiger partial charge on any atom is -0.459 e. The molecule has 0 amide bonds. The average Bonchev–Trinajstić information content (AvgIpc) is 3.17. The number of furan rings is 1. The monoisotopic (exact) mass is 444 g/mol. The summed E-state index contributed by atoms with van der Waals surface area (Å²) in [4.78, 5) is 2.38. The summed E-state index contributed by atoms with van der Waals surface area (Å²) in [6.45, 7) is 2.81. The third-order valence-electron chi connectivity index (χ3n) is 4.90. The first kappa shape index (κ1) is 18.5. The van der Waals surface area contributed by atoms with Crippen molar-refractivity contribution in [1.82, 2.24) is 0 Å². The van der Waals surface area contributed by atoms with Gasteiger partial charge in [0, 0.05) is 28.8 Å². The zero-order valence-electron chi connectivity index (χ0n) is 15.1. The summed E-state index contributed by atoms with van der Waals surface area (Å²) in [5.41, 5.74) is 3.21. The highest BCUT2D eigenvalue weighted by atomic mass is 79.9. The minimum atomic E-state index is 0.621.